The molecule has 0 saturated carbocycles. The van der Waals surface area contributed by atoms with Gasteiger partial charge in [-0.05, 0) is 43.0 Å². The van der Waals surface area contributed by atoms with Crippen LogP contribution >= 0.6 is 0 Å². The molecular formula is C28H35N4O5+. The molecule has 9 heteroatoms. The highest BCUT2D eigenvalue weighted by molar-refractivity contribution is 6.03. The molecule has 2 aliphatic rings. The summed E-state index contributed by atoms with van der Waals surface area (Å²) in [5.41, 5.74) is 1.50. The van der Waals surface area contributed by atoms with Gasteiger partial charge in [-0.1, -0.05) is 32.0 Å². The van der Waals surface area contributed by atoms with E-state index < -0.39 is 18.0 Å². The number of nitrogens with one attached hydrogen (secondary N) is 1. The number of hydroxylamine groups is 2. The average Bonchev–Trinajstić information content (AvgIpc) is 3.44. The minimum atomic E-state index is -0.803. The number of rotatable bonds is 7. The second kappa shape index (κ2) is 10.4. The summed E-state index contributed by atoms with van der Waals surface area (Å²) in [5, 5.41) is 13.0. The van der Waals surface area contributed by atoms with Gasteiger partial charge < -0.3 is 15.1 Å². The van der Waals surface area contributed by atoms with E-state index in [0.29, 0.717) is 36.2 Å². The summed E-state index contributed by atoms with van der Waals surface area (Å²) in [6.45, 7) is 4.26. The van der Waals surface area contributed by atoms with Crippen molar-refractivity contribution in [1.82, 2.24) is 19.8 Å². The maximum absolute atomic E-state index is 13.7. The summed E-state index contributed by atoms with van der Waals surface area (Å²) < 4.78 is -0.369. The zero-order valence-electron chi connectivity index (χ0n) is 21.8. The van der Waals surface area contributed by atoms with Crippen molar-refractivity contribution < 1.29 is 24.4 Å². The molecule has 2 aliphatic heterocycles. The number of amides is 3. The summed E-state index contributed by atoms with van der Waals surface area (Å²) in [5.74, 6) is -0.950. The third-order valence-corrected chi connectivity index (χ3v) is 7.06. The number of likely N-dealkylation sites (tertiary alicyclic amines) is 2. The first-order valence-corrected chi connectivity index (χ1v) is 12.6. The summed E-state index contributed by atoms with van der Waals surface area (Å²) in [6.07, 6.45) is 0.928. The summed E-state index contributed by atoms with van der Waals surface area (Å²) in [4.78, 5) is 55.9. The van der Waals surface area contributed by atoms with Gasteiger partial charge in [-0.2, -0.15) is 4.65 Å². The van der Waals surface area contributed by atoms with Crippen LogP contribution in [-0.2, 0) is 9.59 Å². The largest absolute Gasteiger partial charge is 0.340 e. The average molecular weight is 508 g/mol. The van der Waals surface area contributed by atoms with E-state index in [1.807, 2.05) is 19.9 Å². The Morgan fingerprint density at radius 1 is 1.00 bits per heavy atom. The van der Waals surface area contributed by atoms with Crippen LogP contribution in [0.25, 0.3) is 0 Å². The van der Waals surface area contributed by atoms with Gasteiger partial charge in [0, 0.05) is 29.8 Å². The molecule has 37 heavy (non-hydrogen) atoms. The highest BCUT2D eigenvalue weighted by Crippen LogP contribution is 2.32. The predicted octanol–water partition coefficient (Wildman–Crippen LogP) is 2.48. The number of carbonyl (C=O) groups is 4. The molecule has 3 atom stereocenters. The van der Waals surface area contributed by atoms with E-state index in [-0.39, 0.29) is 40.7 Å². The van der Waals surface area contributed by atoms with Crippen molar-refractivity contribution in [1.29, 1.82) is 0 Å². The van der Waals surface area contributed by atoms with Gasteiger partial charge in [-0.25, -0.2) is 5.21 Å². The van der Waals surface area contributed by atoms with Crippen LogP contribution in [0.1, 0.15) is 47.4 Å². The molecule has 0 spiro atoms. The van der Waals surface area contributed by atoms with Gasteiger partial charge in [0.2, 0.25) is 5.91 Å². The minimum absolute atomic E-state index is 0.0277. The van der Waals surface area contributed by atoms with Gasteiger partial charge in [0.25, 0.3) is 11.8 Å². The number of carbonyl (C=O) groups excluding carboxylic acids is 4. The highest BCUT2D eigenvalue weighted by atomic mass is 16.5. The minimum Gasteiger partial charge on any atom is -0.340 e. The van der Waals surface area contributed by atoms with Gasteiger partial charge in [-0.3, -0.25) is 19.2 Å². The molecule has 4 rings (SSSR count). The van der Waals surface area contributed by atoms with Gasteiger partial charge in [0.15, 0.2) is 11.5 Å². The van der Waals surface area contributed by atoms with Crippen molar-refractivity contribution in [3.05, 3.63) is 65.7 Å². The summed E-state index contributed by atoms with van der Waals surface area (Å²) >= 11 is 0. The van der Waals surface area contributed by atoms with Gasteiger partial charge in [0.1, 0.15) is 26.2 Å². The molecule has 0 bridgehead atoms. The molecule has 2 fully saturated rings. The second-order valence-corrected chi connectivity index (χ2v) is 10.7. The summed E-state index contributed by atoms with van der Waals surface area (Å²) in [6, 6.07) is 13.5. The Morgan fingerprint density at radius 3 is 2.24 bits per heavy atom. The maximum Gasteiger partial charge on any atom is 0.254 e. The first kappa shape index (κ1) is 26.5. The van der Waals surface area contributed by atoms with Crippen LogP contribution in [-0.4, -0.2) is 83.8 Å². The molecule has 2 aromatic carbocycles. The van der Waals surface area contributed by atoms with Crippen LogP contribution in [0, 0.1) is 5.92 Å². The maximum atomic E-state index is 13.7. The molecular weight excluding hydrogens is 472 g/mol. The van der Waals surface area contributed by atoms with Crippen molar-refractivity contribution in [2.24, 2.45) is 5.92 Å². The Hall–Kier alpha value is -3.56. The monoisotopic (exact) mass is 507 g/mol. The van der Waals surface area contributed by atoms with Crippen molar-refractivity contribution in [3.8, 4) is 0 Å². The summed E-state index contributed by atoms with van der Waals surface area (Å²) in [7, 11) is 3.21. The lowest BCUT2D eigenvalue weighted by Crippen LogP contribution is -2.53. The Kier molecular flexibility index (Phi) is 7.47. The van der Waals surface area contributed by atoms with E-state index in [9.17, 15) is 24.4 Å². The SMILES string of the molecule is CC(C)C[C@H](NC(=O)c1ccc([N+](C)(C)O)cc1)C(=O)N1CC[C@@H]2C1C(=O)CN2C(=O)c1ccccc1. The zero-order chi connectivity index (χ0) is 26.9. The van der Waals surface area contributed by atoms with E-state index in [4.69, 9.17) is 0 Å². The molecule has 0 aliphatic carbocycles. The number of Topliss-reactive ketones (excluding diaryl/α,β-unsaturated/α-hetero) is 1. The fraction of sp³-hybridized carbons (Fsp3) is 0.429. The number of quaternary nitrogens is 1. The zero-order valence-corrected chi connectivity index (χ0v) is 21.8. The van der Waals surface area contributed by atoms with E-state index >= 15 is 0 Å². The lowest BCUT2D eigenvalue weighted by atomic mass is 10.0. The third kappa shape index (κ3) is 5.57. The molecule has 2 heterocycles. The van der Waals surface area contributed by atoms with Crippen molar-refractivity contribution in [2.75, 3.05) is 27.2 Å². The number of hydrogen-bond acceptors (Lipinski definition) is 5. The fourth-order valence-electron chi connectivity index (χ4n) is 5.20. The quantitative estimate of drug-likeness (QED) is 0.442. The van der Waals surface area contributed by atoms with E-state index in [0.717, 1.165) is 0 Å². The molecule has 2 aromatic rings. The molecule has 0 radical (unpaired) electrons. The molecule has 2 N–H and O–H groups in total. The molecule has 3 amide bonds. The standard InChI is InChI=1S/C28H34N4O5/c1-18(2)16-22(29-26(34)19-10-12-21(13-11-19)32(3,4)37)28(36)30-15-14-23-25(30)24(33)17-31(23)27(35)20-8-6-5-7-9-20/h5-13,18,22-23,25,37H,14-17H2,1-4H3/p+1/t22-,23+,25?/m0/s1. The third-order valence-electron chi connectivity index (χ3n) is 7.06. The second-order valence-electron chi connectivity index (χ2n) is 10.7. The number of fused-ring (bicyclic) bond motifs is 1. The van der Waals surface area contributed by atoms with Crippen LogP contribution < -0.4 is 9.96 Å². The van der Waals surface area contributed by atoms with Gasteiger partial charge >= 0.3 is 0 Å². The Labute approximate surface area is 217 Å². The first-order chi connectivity index (χ1) is 17.5. The molecule has 9 nitrogen and oxygen atoms in total. The van der Waals surface area contributed by atoms with Crippen LogP contribution in [0.3, 0.4) is 0 Å². The Morgan fingerprint density at radius 2 is 1.65 bits per heavy atom. The highest BCUT2D eigenvalue weighted by Gasteiger charge is 2.52. The Bertz CT molecular complexity index is 1170. The smallest absolute Gasteiger partial charge is 0.254 e. The number of nitrogens with zero attached hydrogens (tertiary/aromatic N) is 3. The van der Waals surface area contributed by atoms with Crippen LogP contribution in [0.2, 0.25) is 0 Å². The Balaban J connectivity index is 1.50. The number of hydrogen-bond donors (Lipinski definition) is 2. The van der Waals surface area contributed by atoms with Crippen LogP contribution in [0.4, 0.5) is 5.69 Å². The molecule has 2 saturated heterocycles. The lowest BCUT2D eigenvalue weighted by Gasteiger charge is -2.29. The lowest BCUT2D eigenvalue weighted by molar-refractivity contribution is -0.138. The van der Waals surface area contributed by atoms with Crippen LogP contribution in [0.15, 0.2) is 54.6 Å². The van der Waals surface area contributed by atoms with E-state index in [2.05, 4.69) is 5.32 Å². The normalized spacial score (nSPS) is 20.2. The van der Waals surface area contributed by atoms with Crippen molar-refractivity contribution >= 4 is 29.2 Å². The molecule has 1 unspecified atom stereocenters. The molecule has 196 valence electrons. The number of ketones is 1. The van der Waals surface area contributed by atoms with Gasteiger partial charge in [0.05, 0.1) is 12.6 Å². The fourth-order valence-corrected chi connectivity index (χ4v) is 5.20. The van der Waals surface area contributed by atoms with Gasteiger partial charge in [-0.15, -0.1) is 0 Å². The van der Waals surface area contributed by atoms with E-state index in [1.165, 1.54) is 0 Å². The van der Waals surface area contributed by atoms with Crippen LogP contribution in [0.5, 0.6) is 0 Å². The van der Waals surface area contributed by atoms with E-state index in [1.54, 1.807) is 72.4 Å². The topological polar surface area (TPSA) is 107 Å². The van der Waals surface area contributed by atoms with Crippen molar-refractivity contribution in [2.45, 2.75) is 44.8 Å². The van der Waals surface area contributed by atoms with Crippen molar-refractivity contribution in [3.63, 3.8) is 0 Å². The molecule has 0 aromatic heterocycles. The predicted molar refractivity (Wildman–Crippen MR) is 139 cm³/mol. The first-order valence-electron chi connectivity index (χ1n) is 12.6. The number of benzene rings is 2.